The molecule has 4 N–H and O–H groups in total. The third-order valence-electron chi connectivity index (χ3n) is 10.5. The quantitative estimate of drug-likeness (QED) is 0.0324. The SMILES string of the molecule is CCCCC/C=C\C/C=C\C(CCCCCCCCC(=O)NC(CCCN)C(=O)O)OC(=O)CCCCCCCCCCCCCCCCCCCCC. The van der Waals surface area contributed by atoms with Gasteiger partial charge in [0.2, 0.25) is 5.91 Å². The molecule has 0 aromatic rings. The average Bonchev–Trinajstić information content (AvgIpc) is 3.16. The lowest BCUT2D eigenvalue weighted by molar-refractivity contribution is -0.147. The van der Waals surface area contributed by atoms with Crippen molar-refractivity contribution in [3.05, 3.63) is 24.3 Å². The van der Waals surface area contributed by atoms with E-state index in [1.807, 2.05) is 0 Å². The fourth-order valence-corrected chi connectivity index (χ4v) is 6.99. The highest BCUT2D eigenvalue weighted by Gasteiger charge is 2.18. The lowest BCUT2D eigenvalue weighted by Gasteiger charge is -2.15. The number of nitrogens with two attached hydrogens (primary N) is 1. The summed E-state index contributed by atoms with van der Waals surface area (Å²) in [5.74, 6) is -1.28. The van der Waals surface area contributed by atoms with E-state index in [-0.39, 0.29) is 18.0 Å². The van der Waals surface area contributed by atoms with E-state index in [2.05, 4.69) is 43.5 Å². The second-order valence-electron chi connectivity index (χ2n) is 15.8. The van der Waals surface area contributed by atoms with E-state index in [9.17, 15) is 19.5 Å². The summed E-state index contributed by atoms with van der Waals surface area (Å²) in [5, 5.41) is 11.9. The minimum atomic E-state index is -1.00. The summed E-state index contributed by atoms with van der Waals surface area (Å²) in [6.07, 6.45) is 48.3. The van der Waals surface area contributed by atoms with Gasteiger partial charge in [0.1, 0.15) is 12.1 Å². The number of nitrogens with one attached hydrogen (secondary N) is 1. The van der Waals surface area contributed by atoms with Crippen molar-refractivity contribution >= 4 is 17.8 Å². The predicted molar refractivity (Wildman–Crippen MR) is 230 cm³/mol. The molecule has 0 heterocycles. The molecule has 2 atom stereocenters. The molecular weight excluding hydrogens is 673 g/mol. The van der Waals surface area contributed by atoms with Gasteiger partial charge in [-0.05, 0) is 70.4 Å². The second-order valence-corrected chi connectivity index (χ2v) is 15.8. The molecule has 0 aliphatic carbocycles. The molecule has 2 unspecified atom stereocenters. The zero-order valence-corrected chi connectivity index (χ0v) is 35.6. The molecule has 0 fully saturated rings. The number of hydrogen-bond acceptors (Lipinski definition) is 5. The van der Waals surface area contributed by atoms with Crippen LogP contribution in [0.4, 0.5) is 0 Å². The molecule has 54 heavy (non-hydrogen) atoms. The number of rotatable bonds is 42. The van der Waals surface area contributed by atoms with Crippen molar-refractivity contribution in [1.82, 2.24) is 5.32 Å². The number of carbonyl (C=O) groups excluding carboxylic acids is 2. The number of ether oxygens (including phenoxy) is 1. The van der Waals surface area contributed by atoms with Gasteiger partial charge in [-0.25, -0.2) is 4.79 Å². The monoisotopic (exact) mass is 761 g/mol. The first kappa shape index (κ1) is 51.9. The first-order chi connectivity index (χ1) is 26.4. The van der Waals surface area contributed by atoms with Gasteiger partial charge < -0.3 is 20.9 Å². The van der Waals surface area contributed by atoms with E-state index in [4.69, 9.17) is 10.5 Å². The number of carbonyl (C=O) groups is 3. The van der Waals surface area contributed by atoms with Crippen LogP contribution in [0.2, 0.25) is 0 Å². The topological polar surface area (TPSA) is 119 Å². The Hall–Kier alpha value is -2.15. The van der Waals surface area contributed by atoms with Crippen molar-refractivity contribution < 1.29 is 24.2 Å². The first-order valence-electron chi connectivity index (χ1n) is 23.2. The number of carboxylic acid groups (broad SMARTS) is 1. The Morgan fingerprint density at radius 1 is 0.556 bits per heavy atom. The van der Waals surface area contributed by atoms with Gasteiger partial charge in [-0.15, -0.1) is 0 Å². The molecule has 7 nitrogen and oxygen atoms in total. The standard InChI is InChI=1S/C47H88N2O5/c1-3-5-7-9-11-13-14-15-16-17-18-19-20-21-22-23-25-31-35-41-46(51)54-43(37-32-28-24-12-10-8-6-4-2)38-33-29-26-27-30-34-40-45(50)49-44(47(52)53)39-36-42-48/h12,24,32,37,43-44H,3-11,13-23,25-31,33-36,38-42,48H2,1-2H3,(H,49,50)(H,52,53)/b24-12-,37-32-. The maximum Gasteiger partial charge on any atom is 0.326 e. The van der Waals surface area contributed by atoms with Crippen LogP contribution in [-0.4, -0.2) is 41.6 Å². The number of unbranched alkanes of at least 4 members (excludes halogenated alkanes) is 26. The highest BCUT2D eigenvalue weighted by atomic mass is 16.5. The molecule has 0 aromatic heterocycles. The second kappa shape index (κ2) is 42.0. The molecule has 0 aliphatic rings. The van der Waals surface area contributed by atoms with E-state index in [0.29, 0.717) is 32.2 Å². The summed E-state index contributed by atoms with van der Waals surface area (Å²) in [6.45, 7) is 4.92. The lowest BCUT2D eigenvalue weighted by atomic mass is 10.0. The molecule has 0 rings (SSSR count). The summed E-state index contributed by atoms with van der Waals surface area (Å²) >= 11 is 0. The van der Waals surface area contributed by atoms with Gasteiger partial charge in [0, 0.05) is 12.8 Å². The largest absolute Gasteiger partial charge is 0.480 e. The molecular formula is C47H88N2O5. The van der Waals surface area contributed by atoms with Crippen LogP contribution in [0.1, 0.15) is 239 Å². The molecule has 0 aliphatic heterocycles. The summed E-state index contributed by atoms with van der Waals surface area (Å²) in [5.41, 5.74) is 5.48. The van der Waals surface area contributed by atoms with Crippen molar-refractivity contribution in [3.63, 3.8) is 0 Å². The van der Waals surface area contributed by atoms with E-state index in [1.165, 1.54) is 128 Å². The molecule has 0 saturated heterocycles. The van der Waals surface area contributed by atoms with E-state index in [0.717, 1.165) is 70.6 Å². The van der Waals surface area contributed by atoms with Crippen LogP contribution < -0.4 is 11.1 Å². The number of allylic oxidation sites excluding steroid dienone is 3. The molecule has 316 valence electrons. The van der Waals surface area contributed by atoms with Crippen molar-refractivity contribution in [2.24, 2.45) is 5.73 Å². The van der Waals surface area contributed by atoms with E-state index >= 15 is 0 Å². The van der Waals surface area contributed by atoms with Crippen molar-refractivity contribution in [1.29, 1.82) is 0 Å². The van der Waals surface area contributed by atoms with Crippen LogP contribution in [-0.2, 0) is 19.1 Å². The summed E-state index contributed by atoms with van der Waals surface area (Å²) < 4.78 is 5.95. The fraction of sp³-hybridized carbons (Fsp3) is 0.851. The smallest absolute Gasteiger partial charge is 0.326 e. The van der Waals surface area contributed by atoms with Crippen LogP contribution in [0.25, 0.3) is 0 Å². The third-order valence-corrected chi connectivity index (χ3v) is 10.5. The zero-order chi connectivity index (χ0) is 39.6. The third kappa shape index (κ3) is 38.1. The Morgan fingerprint density at radius 2 is 1.02 bits per heavy atom. The van der Waals surface area contributed by atoms with E-state index < -0.39 is 12.0 Å². The van der Waals surface area contributed by atoms with Gasteiger partial charge in [-0.3, -0.25) is 9.59 Å². The molecule has 7 heteroatoms. The summed E-state index contributed by atoms with van der Waals surface area (Å²) in [7, 11) is 0. The normalized spacial score (nSPS) is 12.8. The average molecular weight is 761 g/mol. The van der Waals surface area contributed by atoms with Gasteiger partial charge in [0.05, 0.1) is 0 Å². The number of aliphatic carboxylic acids is 1. The molecule has 0 bridgehead atoms. The number of hydrogen-bond donors (Lipinski definition) is 3. The van der Waals surface area contributed by atoms with Crippen molar-refractivity contribution in [2.75, 3.05) is 6.54 Å². The summed E-state index contributed by atoms with van der Waals surface area (Å²) in [6, 6.07) is -0.854. The number of esters is 1. The minimum Gasteiger partial charge on any atom is -0.480 e. The fourth-order valence-electron chi connectivity index (χ4n) is 6.99. The minimum absolute atomic E-state index is 0.0711. The maximum absolute atomic E-state index is 12.7. The van der Waals surface area contributed by atoms with Crippen LogP contribution in [0.5, 0.6) is 0 Å². The zero-order valence-electron chi connectivity index (χ0n) is 35.6. The Morgan fingerprint density at radius 3 is 1.52 bits per heavy atom. The van der Waals surface area contributed by atoms with Gasteiger partial charge in [0.25, 0.3) is 0 Å². The first-order valence-corrected chi connectivity index (χ1v) is 23.2. The van der Waals surface area contributed by atoms with Crippen LogP contribution in [0, 0.1) is 0 Å². The molecule has 0 aromatic carbocycles. The van der Waals surface area contributed by atoms with E-state index in [1.54, 1.807) is 0 Å². The Bertz CT molecular complexity index is 905. The van der Waals surface area contributed by atoms with Crippen molar-refractivity contribution in [2.45, 2.75) is 251 Å². The molecule has 1 amide bonds. The summed E-state index contributed by atoms with van der Waals surface area (Å²) in [4.78, 5) is 36.3. The maximum atomic E-state index is 12.7. The van der Waals surface area contributed by atoms with Gasteiger partial charge in [-0.1, -0.05) is 186 Å². The molecule has 0 saturated carbocycles. The lowest BCUT2D eigenvalue weighted by Crippen LogP contribution is -2.40. The Kier molecular flexibility index (Phi) is 40.3. The highest BCUT2D eigenvalue weighted by molar-refractivity contribution is 5.83. The molecule has 0 spiro atoms. The number of amides is 1. The van der Waals surface area contributed by atoms with Gasteiger partial charge in [-0.2, -0.15) is 0 Å². The van der Waals surface area contributed by atoms with Crippen LogP contribution >= 0.6 is 0 Å². The predicted octanol–water partition coefficient (Wildman–Crippen LogP) is 13.2. The van der Waals surface area contributed by atoms with Gasteiger partial charge >= 0.3 is 11.9 Å². The number of carboxylic acids is 1. The highest BCUT2D eigenvalue weighted by Crippen LogP contribution is 2.17. The Balaban J connectivity index is 4.14. The Labute approximate surface area is 333 Å². The van der Waals surface area contributed by atoms with Crippen LogP contribution in [0.3, 0.4) is 0 Å². The van der Waals surface area contributed by atoms with Gasteiger partial charge in [0.15, 0.2) is 0 Å². The van der Waals surface area contributed by atoms with Crippen LogP contribution in [0.15, 0.2) is 24.3 Å². The molecule has 0 radical (unpaired) electrons. The van der Waals surface area contributed by atoms with Crippen molar-refractivity contribution in [3.8, 4) is 0 Å².